The Morgan fingerprint density at radius 2 is 2.06 bits per heavy atom. The van der Waals surface area contributed by atoms with E-state index in [4.69, 9.17) is 5.11 Å². The van der Waals surface area contributed by atoms with Crippen LogP contribution in [-0.4, -0.2) is 21.0 Å². The quantitative estimate of drug-likeness (QED) is 0.911. The van der Waals surface area contributed by atoms with Crippen LogP contribution < -0.4 is 0 Å². The predicted octanol–water partition coefficient (Wildman–Crippen LogP) is 2.86. The molecule has 1 aromatic carbocycles. The fourth-order valence-electron chi connectivity index (χ4n) is 1.60. The van der Waals surface area contributed by atoms with Gasteiger partial charge in [0.2, 0.25) is 0 Å². The molecule has 0 radical (unpaired) electrons. The van der Waals surface area contributed by atoms with Crippen molar-refractivity contribution < 1.29 is 9.90 Å². The van der Waals surface area contributed by atoms with Gasteiger partial charge in [0.05, 0.1) is 18.4 Å². The summed E-state index contributed by atoms with van der Waals surface area (Å²) in [6.45, 7) is 0. The predicted molar refractivity (Wildman–Crippen MR) is 67.7 cm³/mol. The van der Waals surface area contributed by atoms with Crippen LogP contribution in [0.2, 0.25) is 0 Å². The Balaban J connectivity index is 2.24. The molecule has 2 aromatic rings. The standard InChI is InChI=1S/C12H11BrN2O2/c13-9-3-1-8(2-4-9)12-10(14-7-15-12)5-6-11(16)17/h1-4,7H,5-6H2,(H,14,15)(H,16,17). The SMILES string of the molecule is O=C(O)CCc1[nH]cnc1-c1ccc(Br)cc1. The van der Waals surface area contributed by atoms with Crippen molar-refractivity contribution in [2.75, 3.05) is 0 Å². The number of rotatable bonds is 4. The lowest BCUT2D eigenvalue weighted by molar-refractivity contribution is -0.136. The Hall–Kier alpha value is -1.62. The number of hydrogen-bond donors (Lipinski definition) is 2. The first-order valence-electron chi connectivity index (χ1n) is 5.17. The van der Waals surface area contributed by atoms with Crippen molar-refractivity contribution in [3.63, 3.8) is 0 Å². The van der Waals surface area contributed by atoms with Crippen molar-refractivity contribution in [3.05, 3.63) is 40.8 Å². The highest BCUT2D eigenvalue weighted by atomic mass is 79.9. The molecule has 2 rings (SSSR count). The van der Waals surface area contributed by atoms with E-state index in [0.717, 1.165) is 21.4 Å². The number of carbonyl (C=O) groups is 1. The van der Waals surface area contributed by atoms with Crippen LogP contribution in [0.15, 0.2) is 35.1 Å². The highest BCUT2D eigenvalue weighted by Crippen LogP contribution is 2.23. The topological polar surface area (TPSA) is 66.0 Å². The molecule has 0 atom stereocenters. The largest absolute Gasteiger partial charge is 0.481 e. The minimum absolute atomic E-state index is 0.103. The number of carboxylic acids is 1. The summed E-state index contributed by atoms with van der Waals surface area (Å²) in [6, 6.07) is 7.77. The van der Waals surface area contributed by atoms with Crippen LogP contribution in [0.5, 0.6) is 0 Å². The normalized spacial score (nSPS) is 10.4. The fraction of sp³-hybridized carbons (Fsp3) is 0.167. The van der Waals surface area contributed by atoms with E-state index in [2.05, 4.69) is 25.9 Å². The number of hydrogen-bond acceptors (Lipinski definition) is 2. The molecule has 17 heavy (non-hydrogen) atoms. The van der Waals surface area contributed by atoms with Gasteiger partial charge in [0.25, 0.3) is 0 Å². The number of nitrogens with zero attached hydrogens (tertiary/aromatic N) is 1. The number of nitrogens with one attached hydrogen (secondary N) is 1. The third kappa shape index (κ3) is 2.94. The summed E-state index contributed by atoms with van der Waals surface area (Å²) in [5.41, 5.74) is 2.66. The summed E-state index contributed by atoms with van der Waals surface area (Å²) in [5, 5.41) is 8.67. The van der Waals surface area contributed by atoms with Gasteiger partial charge in [-0.25, -0.2) is 4.98 Å². The van der Waals surface area contributed by atoms with Gasteiger partial charge >= 0.3 is 5.97 Å². The lowest BCUT2D eigenvalue weighted by Crippen LogP contribution is -1.98. The molecule has 2 N–H and O–H groups in total. The minimum atomic E-state index is -0.804. The number of H-pyrrole nitrogens is 1. The maximum atomic E-state index is 10.5. The third-order valence-corrected chi connectivity index (χ3v) is 2.95. The molecule has 5 heteroatoms. The van der Waals surface area contributed by atoms with Gasteiger partial charge < -0.3 is 10.1 Å². The number of aromatic nitrogens is 2. The summed E-state index contributed by atoms with van der Waals surface area (Å²) in [6.07, 6.45) is 2.15. The van der Waals surface area contributed by atoms with Gasteiger partial charge in [-0.2, -0.15) is 0 Å². The molecular weight excluding hydrogens is 284 g/mol. The Labute approximate surface area is 107 Å². The number of aryl methyl sites for hydroxylation is 1. The molecule has 0 spiro atoms. The Kier molecular flexibility index (Phi) is 3.58. The first kappa shape index (κ1) is 11.9. The van der Waals surface area contributed by atoms with Crippen LogP contribution in [0.3, 0.4) is 0 Å². The van der Waals surface area contributed by atoms with Gasteiger partial charge in [-0.1, -0.05) is 28.1 Å². The second kappa shape index (κ2) is 5.14. The van der Waals surface area contributed by atoms with Gasteiger partial charge in [-0.05, 0) is 12.1 Å². The highest BCUT2D eigenvalue weighted by molar-refractivity contribution is 9.10. The van der Waals surface area contributed by atoms with Crippen molar-refractivity contribution in [2.24, 2.45) is 0 Å². The van der Waals surface area contributed by atoms with Gasteiger partial charge in [0.1, 0.15) is 0 Å². The summed E-state index contributed by atoms with van der Waals surface area (Å²) >= 11 is 3.37. The van der Waals surface area contributed by atoms with E-state index in [1.807, 2.05) is 24.3 Å². The molecule has 4 nitrogen and oxygen atoms in total. The molecule has 0 unspecified atom stereocenters. The average Bonchev–Trinajstić information content (AvgIpc) is 2.75. The second-order valence-electron chi connectivity index (χ2n) is 3.63. The summed E-state index contributed by atoms with van der Waals surface area (Å²) in [4.78, 5) is 17.8. The van der Waals surface area contributed by atoms with Crippen molar-refractivity contribution in [3.8, 4) is 11.3 Å². The number of carboxylic acid groups (broad SMARTS) is 1. The van der Waals surface area contributed by atoms with Crippen LogP contribution in [-0.2, 0) is 11.2 Å². The van der Waals surface area contributed by atoms with E-state index in [1.54, 1.807) is 6.33 Å². The molecular formula is C12H11BrN2O2. The maximum Gasteiger partial charge on any atom is 0.303 e. The third-order valence-electron chi connectivity index (χ3n) is 2.42. The number of aliphatic carboxylic acids is 1. The molecule has 0 aliphatic rings. The van der Waals surface area contributed by atoms with E-state index >= 15 is 0 Å². The zero-order valence-corrected chi connectivity index (χ0v) is 10.6. The van der Waals surface area contributed by atoms with Gasteiger partial charge in [-0.15, -0.1) is 0 Å². The monoisotopic (exact) mass is 294 g/mol. The zero-order valence-electron chi connectivity index (χ0n) is 8.98. The van der Waals surface area contributed by atoms with Crippen LogP contribution >= 0.6 is 15.9 Å². The van der Waals surface area contributed by atoms with Crippen LogP contribution in [0.25, 0.3) is 11.3 Å². The van der Waals surface area contributed by atoms with Gasteiger partial charge in [0, 0.05) is 22.2 Å². The molecule has 0 amide bonds. The van der Waals surface area contributed by atoms with E-state index < -0.39 is 5.97 Å². The summed E-state index contributed by atoms with van der Waals surface area (Å²) in [7, 11) is 0. The smallest absolute Gasteiger partial charge is 0.303 e. The first-order valence-corrected chi connectivity index (χ1v) is 5.96. The summed E-state index contributed by atoms with van der Waals surface area (Å²) < 4.78 is 1.00. The number of halogens is 1. The molecule has 0 fully saturated rings. The Bertz CT molecular complexity index is 520. The van der Waals surface area contributed by atoms with Crippen molar-refractivity contribution >= 4 is 21.9 Å². The van der Waals surface area contributed by atoms with E-state index in [0.29, 0.717) is 6.42 Å². The molecule has 0 aliphatic carbocycles. The van der Waals surface area contributed by atoms with E-state index in [1.165, 1.54) is 0 Å². The first-order chi connectivity index (χ1) is 8.16. The van der Waals surface area contributed by atoms with Crippen molar-refractivity contribution in [2.45, 2.75) is 12.8 Å². The number of benzene rings is 1. The van der Waals surface area contributed by atoms with Crippen LogP contribution in [0.1, 0.15) is 12.1 Å². The number of imidazole rings is 1. The van der Waals surface area contributed by atoms with Gasteiger partial charge in [-0.3, -0.25) is 4.79 Å². The van der Waals surface area contributed by atoms with Crippen LogP contribution in [0.4, 0.5) is 0 Å². The second-order valence-corrected chi connectivity index (χ2v) is 4.55. The molecule has 0 saturated carbocycles. The maximum absolute atomic E-state index is 10.5. The average molecular weight is 295 g/mol. The molecule has 1 aromatic heterocycles. The van der Waals surface area contributed by atoms with Crippen molar-refractivity contribution in [1.82, 2.24) is 9.97 Å². The molecule has 0 bridgehead atoms. The molecule has 0 saturated heterocycles. The minimum Gasteiger partial charge on any atom is -0.481 e. The fourth-order valence-corrected chi connectivity index (χ4v) is 1.86. The lowest BCUT2D eigenvalue weighted by atomic mass is 10.1. The molecule has 0 aliphatic heterocycles. The Morgan fingerprint density at radius 3 is 2.71 bits per heavy atom. The molecule has 88 valence electrons. The van der Waals surface area contributed by atoms with Crippen LogP contribution in [0, 0.1) is 0 Å². The zero-order chi connectivity index (χ0) is 12.3. The summed E-state index contributed by atoms with van der Waals surface area (Å²) in [5.74, 6) is -0.804. The van der Waals surface area contributed by atoms with E-state index in [-0.39, 0.29) is 6.42 Å². The highest BCUT2D eigenvalue weighted by Gasteiger charge is 2.09. The van der Waals surface area contributed by atoms with E-state index in [9.17, 15) is 4.79 Å². The van der Waals surface area contributed by atoms with Crippen molar-refractivity contribution in [1.29, 1.82) is 0 Å². The van der Waals surface area contributed by atoms with Gasteiger partial charge in [0.15, 0.2) is 0 Å². The molecule has 1 heterocycles. The lowest BCUT2D eigenvalue weighted by Gasteiger charge is -2.01. The Morgan fingerprint density at radius 1 is 1.35 bits per heavy atom. The number of aromatic amines is 1.